The molecular weight excluding hydrogens is 356 g/mol. The van der Waals surface area contributed by atoms with E-state index in [0.29, 0.717) is 18.2 Å². The highest BCUT2D eigenvalue weighted by Crippen LogP contribution is 2.31. The average molecular weight is 382 g/mol. The summed E-state index contributed by atoms with van der Waals surface area (Å²) >= 11 is 0. The highest BCUT2D eigenvalue weighted by molar-refractivity contribution is 5.43. The molecule has 4 rings (SSSR count). The third kappa shape index (κ3) is 3.62. The van der Waals surface area contributed by atoms with Gasteiger partial charge in [-0.25, -0.2) is 9.50 Å². The lowest BCUT2D eigenvalue weighted by Crippen LogP contribution is -2.20. The predicted octanol–water partition coefficient (Wildman–Crippen LogP) is 2.73. The Labute approximate surface area is 163 Å². The maximum Gasteiger partial charge on any atom is 0.272 e. The number of hydrogen-bond donors (Lipinski definition) is 1. The molecule has 1 aliphatic rings. The molecule has 0 bridgehead atoms. The van der Waals surface area contributed by atoms with E-state index in [1.54, 1.807) is 13.2 Å². The van der Waals surface area contributed by atoms with Crippen LogP contribution in [0.25, 0.3) is 5.65 Å². The van der Waals surface area contributed by atoms with Crippen molar-refractivity contribution in [3.63, 3.8) is 0 Å². The third-order valence-electron chi connectivity index (χ3n) is 5.24. The van der Waals surface area contributed by atoms with Crippen LogP contribution in [0.3, 0.4) is 0 Å². The molecule has 3 aromatic rings. The summed E-state index contributed by atoms with van der Waals surface area (Å²) in [4.78, 5) is 19.0. The summed E-state index contributed by atoms with van der Waals surface area (Å²) in [6.45, 7) is 7.23. The molecule has 148 valence electrons. The van der Waals surface area contributed by atoms with Gasteiger partial charge in [-0.1, -0.05) is 6.07 Å². The van der Waals surface area contributed by atoms with Crippen molar-refractivity contribution in [1.82, 2.24) is 19.5 Å². The van der Waals surface area contributed by atoms with Crippen LogP contribution in [0.1, 0.15) is 36.2 Å². The summed E-state index contributed by atoms with van der Waals surface area (Å²) in [6, 6.07) is 9.67. The highest BCUT2D eigenvalue weighted by Gasteiger charge is 2.26. The van der Waals surface area contributed by atoms with Gasteiger partial charge in [0.2, 0.25) is 0 Å². The van der Waals surface area contributed by atoms with E-state index in [9.17, 15) is 4.79 Å². The summed E-state index contributed by atoms with van der Waals surface area (Å²) in [5.41, 5.74) is 3.64. The first-order chi connectivity index (χ1) is 13.6. The molecule has 2 aromatic heterocycles. The van der Waals surface area contributed by atoms with Gasteiger partial charge in [0.15, 0.2) is 17.1 Å². The van der Waals surface area contributed by atoms with E-state index in [1.807, 2.05) is 32.0 Å². The number of nitrogens with zero attached hydrogens (tertiary/aromatic N) is 3. The minimum absolute atomic E-state index is 0.0647. The Kier molecular flexibility index (Phi) is 5.09. The van der Waals surface area contributed by atoms with Gasteiger partial charge in [0.05, 0.1) is 13.7 Å². The van der Waals surface area contributed by atoms with Crippen LogP contribution in [0.15, 0.2) is 35.1 Å². The molecule has 0 amide bonds. The van der Waals surface area contributed by atoms with E-state index in [0.717, 1.165) is 48.9 Å². The second-order valence-electron chi connectivity index (χ2n) is 7.28. The number of rotatable bonds is 6. The van der Waals surface area contributed by atoms with Gasteiger partial charge < -0.3 is 9.47 Å². The molecular formula is C21H26N4O3. The van der Waals surface area contributed by atoms with E-state index < -0.39 is 0 Å². The first kappa shape index (κ1) is 18.6. The van der Waals surface area contributed by atoms with E-state index in [1.165, 1.54) is 10.1 Å². The normalized spacial score (nSPS) is 17.3. The fraction of sp³-hybridized carbons (Fsp3) is 0.429. The van der Waals surface area contributed by atoms with Crippen LogP contribution in [0.4, 0.5) is 0 Å². The van der Waals surface area contributed by atoms with Gasteiger partial charge in [-0.05, 0) is 44.5 Å². The Morgan fingerprint density at radius 2 is 2.11 bits per heavy atom. The third-order valence-corrected chi connectivity index (χ3v) is 5.24. The molecule has 1 N–H and O–H groups in total. The Bertz CT molecular complexity index is 1040. The summed E-state index contributed by atoms with van der Waals surface area (Å²) in [5, 5.41) is 3.24. The van der Waals surface area contributed by atoms with Crippen LogP contribution in [0.5, 0.6) is 11.5 Å². The molecule has 7 heteroatoms. The van der Waals surface area contributed by atoms with E-state index in [2.05, 4.69) is 21.0 Å². The average Bonchev–Trinajstić information content (AvgIpc) is 3.30. The van der Waals surface area contributed by atoms with Crippen molar-refractivity contribution in [2.45, 2.75) is 32.7 Å². The first-order valence-corrected chi connectivity index (χ1v) is 9.68. The van der Waals surface area contributed by atoms with Crippen LogP contribution in [-0.2, 0) is 6.54 Å². The van der Waals surface area contributed by atoms with E-state index in [-0.39, 0.29) is 5.56 Å². The van der Waals surface area contributed by atoms with Crippen molar-refractivity contribution in [3.05, 3.63) is 57.6 Å². The minimum Gasteiger partial charge on any atom is -0.493 e. The lowest BCUT2D eigenvalue weighted by atomic mass is 10.1. The first-order valence-electron chi connectivity index (χ1n) is 9.68. The lowest BCUT2D eigenvalue weighted by molar-refractivity contribution is 0.307. The SMILES string of the molecule is CCOc1ccc(CN2CCC(c3cc4nc(C)cc(=O)n4[nH]3)C2)cc1OC. The predicted molar refractivity (Wildman–Crippen MR) is 107 cm³/mol. The number of methoxy groups -OCH3 is 1. The number of ether oxygens (including phenoxy) is 2. The zero-order valence-electron chi connectivity index (χ0n) is 16.6. The Hall–Kier alpha value is -2.80. The minimum atomic E-state index is -0.0647. The zero-order chi connectivity index (χ0) is 19.7. The summed E-state index contributed by atoms with van der Waals surface area (Å²) in [7, 11) is 1.67. The summed E-state index contributed by atoms with van der Waals surface area (Å²) in [6.07, 6.45) is 1.05. The molecule has 1 fully saturated rings. The van der Waals surface area contributed by atoms with Crippen molar-refractivity contribution in [3.8, 4) is 11.5 Å². The molecule has 1 saturated heterocycles. The standard InChI is InChI=1S/C21H26N4O3/c1-4-28-18-6-5-15(10-19(18)27-3)12-24-8-7-16(13-24)17-11-20-22-14(2)9-21(26)25(20)23-17/h5-6,9-11,16,23H,4,7-8,12-13H2,1-3H3. The van der Waals surface area contributed by atoms with Gasteiger partial charge in [0, 0.05) is 42.5 Å². The number of hydrogen-bond acceptors (Lipinski definition) is 5. The smallest absolute Gasteiger partial charge is 0.272 e. The van der Waals surface area contributed by atoms with Crippen LogP contribution in [-0.4, -0.2) is 46.3 Å². The maximum absolute atomic E-state index is 12.1. The van der Waals surface area contributed by atoms with Gasteiger partial charge in [-0.15, -0.1) is 0 Å². The van der Waals surface area contributed by atoms with E-state index >= 15 is 0 Å². The van der Waals surface area contributed by atoms with Gasteiger partial charge in [-0.3, -0.25) is 14.8 Å². The second kappa shape index (κ2) is 7.67. The van der Waals surface area contributed by atoms with Gasteiger partial charge in [0.25, 0.3) is 5.56 Å². The molecule has 1 aromatic carbocycles. The fourth-order valence-electron chi connectivity index (χ4n) is 3.91. The van der Waals surface area contributed by atoms with Gasteiger partial charge >= 0.3 is 0 Å². The van der Waals surface area contributed by atoms with Crippen molar-refractivity contribution < 1.29 is 9.47 Å². The van der Waals surface area contributed by atoms with Crippen molar-refractivity contribution in [2.75, 3.05) is 26.8 Å². The molecule has 1 unspecified atom stereocenters. The molecule has 0 spiro atoms. The van der Waals surface area contributed by atoms with E-state index in [4.69, 9.17) is 9.47 Å². The van der Waals surface area contributed by atoms with Crippen molar-refractivity contribution in [2.24, 2.45) is 0 Å². The quantitative estimate of drug-likeness (QED) is 0.710. The topological polar surface area (TPSA) is 71.9 Å². The Morgan fingerprint density at radius 3 is 2.89 bits per heavy atom. The van der Waals surface area contributed by atoms with Gasteiger partial charge in [0.1, 0.15) is 0 Å². The second-order valence-corrected chi connectivity index (χ2v) is 7.28. The van der Waals surface area contributed by atoms with Crippen LogP contribution in [0.2, 0.25) is 0 Å². The molecule has 7 nitrogen and oxygen atoms in total. The summed E-state index contributed by atoms with van der Waals surface area (Å²) < 4.78 is 12.6. The molecule has 28 heavy (non-hydrogen) atoms. The van der Waals surface area contributed by atoms with Crippen molar-refractivity contribution in [1.29, 1.82) is 0 Å². The van der Waals surface area contributed by atoms with Crippen LogP contribution in [0, 0.1) is 6.92 Å². The molecule has 0 aliphatic carbocycles. The van der Waals surface area contributed by atoms with Crippen LogP contribution >= 0.6 is 0 Å². The Balaban J connectivity index is 1.47. The highest BCUT2D eigenvalue weighted by atomic mass is 16.5. The number of benzene rings is 1. The number of fused-ring (bicyclic) bond motifs is 1. The number of H-pyrrole nitrogens is 1. The molecule has 0 saturated carbocycles. The monoisotopic (exact) mass is 382 g/mol. The number of nitrogens with one attached hydrogen (secondary N) is 1. The number of aromatic nitrogens is 3. The largest absolute Gasteiger partial charge is 0.493 e. The van der Waals surface area contributed by atoms with Crippen molar-refractivity contribution >= 4 is 5.65 Å². The number of likely N-dealkylation sites (tertiary alicyclic amines) is 1. The molecule has 3 heterocycles. The van der Waals surface area contributed by atoms with Gasteiger partial charge in [-0.2, -0.15) is 0 Å². The number of aromatic amines is 1. The zero-order valence-corrected chi connectivity index (χ0v) is 16.6. The molecule has 0 radical (unpaired) electrons. The fourth-order valence-corrected chi connectivity index (χ4v) is 3.91. The van der Waals surface area contributed by atoms with Crippen LogP contribution < -0.4 is 15.0 Å². The Morgan fingerprint density at radius 1 is 1.25 bits per heavy atom. The lowest BCUT2D eigenvalue weighted by Gasteiger charge is -2.17. The molecule has 1 atom stereocenters. The number of aryl methyl sites for hydroxylation is 1. The summed E-state index contributed by atoms with van der Waals surface area (Å²) in [5.74, 6) is 1.91. The molecule has 1 aliphatic heterocycles. The maximum atomic E-state index is 12.1.